The van der Waals surface area contributed by atoms with Gasteiger partial charge in [0.1, 0.15) is 18.1 Å². The number of rotatable bonds is 5. The monoisotopic (exact) mass is 397 g/mol. The van der Waals surface area contributed by atoms with Gasteiger partial charge < -0.3 is 15.4 Å². The highest BCUT2D eigenvalue weighted by Crippen LogP contribution is 2.40. The lowest BCUT2D eigenvalue weighted by molar-refractivity contribution is -0.136. The molecule has 2 aliphatic heterocycles. The molecule has 7 nitrogen and oxygen atoms in total. The zero-order valence-corrected chi connectivity index (χ0v) is 15.6. The summed E-state index contributed by atoms with van der Waals surface area (Å²) in [5.74, 6) is -0.655. The Morgan fingerprint density at radius 2 is 1.93 bits per heavy atom. The number of para-hydroxylation sites is 1. The molecule has 0 bridgehead atoms. The minimum Gasteiger partial charge on any atom is -0.493 e. The fraction of sp³-hybridized carbons (Fsp3) is 0.286. The van der Waals surface area contributed by atoms with Crippen LogP contribution in [0.25, 0.3) is 0 Å². The lowest BCUT2D eigenvalue weighted by Crippen LogP contribution is -2.48. The molecule has 0 radical (unpaired) electrons. The van der Waals surface area contributed by atoms with Crippen molar-refractivity contribution in [3.05, 3.63) is 65.5 Å². The van der Waals surface area contributed by atoms with Gasteiger partial charge >= 0.3 is 6.03 Å². The van der Waals surface area contributed by atoms with Gasteiger partial charge in [-0.2, -0.15) is 0 Å². The summed E-state index contributed by atoms with van der Waals surface area (Å²) in [4.78, 5) is 38.8. The first-order valence-electron chi connectivity index (χ1n) is 9.37. The first-order valence-corrected chi connectivity index (χ1v) is 9.37. The average molecular weight is 397 g/mol. The smallest absolute Gasteiger partial charge is 0.325 e. The normalized spacial score (nSPS) is 20.2. The third-order valence-electron chi connectivity index (χ3n) is 5.21. The van der Waals surface area contributed by atoms with Crippen LogP contribution in [-0.4, -0.2) is 42.4 Å². The van der Waals surface area contributed by atoms with Crippen LogP contribution in [0.5, 0.6) is 5.75 Å². The van der Waals surface area contributed by atoms with E-state index in [0.717, 1.165) is 10.5 Å². The molecule has 1 saturated heterocycles. The van der Waals surface area contributed by atoms with Crippen LogP contribution in [0.3, 0.4) is 0 Å². The second-order valence-corrected chi connectivity index (χ2v) is 7.05. The third kappa shape index (κ3) is 3.53. The van der Waals surface area contributed by atoms with Crippen LogP contribution >= 0.6 is 0 Å². The number of nitrogens with one attached hydrogen (secondary N) is 2. The minimum absolute atomic E-state index is 0.292. The van der Waals surface area contributed by atoms with Crippen molar-refractivity contribution in [1.82, 2.24) is 15.5 Å². The fourth-order valence-corrected chi connectivity index (χ4v) is 3.71. The molecule has 29 heavy (non-hydrogen) atoms. The highest BCUT2D eigenvalue weighted by atomic mass is 19.1. The first kappa shape index (κ1) is 18.9. The topological polar surface area (TPSA) is 87.7 Å². The van der Waals surface area contributed by atoms with Crippen molar-refractivity contribution in [2.24, 2.45) is 0 Å². The largest absolute Gasteiger partial charge is 0.493 e. The van der Waals surface area contributed by atoms with Gasteiger partial charge in [-0.25, -0.2) is 9.18 Å². The zero-order valence-electron chi connectivity index (χ0n) is 15.6. The summed E-state index contributed by atoms with van der Waals surface area (Å²) in [6.07, 6.45) is 0.818. The number of halogens is 1. The molecule has 1 spiro atoms. The van der Waals surface area contributed by atoms with Crippen molar-refractivity contribution in [1.29, 1.82) is 0 Å². The van der Waals surface area contributed by atoms with Crippen molar-refractivity contribution in [2.45, 2.75) is 18.4 Å². The van der Waals surface area contributed by atoms with Crippen molar-refractivity contribution < 1.29 is 23.5 Å². The highest BCUT2D eigenvalue weighted by molar-refractivity contribution is 6.09. The standard InChI is InChI=1S/C21H20FN3O4/c22-15-7-5-14(6-8-15)9-11-23-18(26)13-25-19(27)21(24-20(25)28)10-12-29-17-4-2-1-3-16(17)21/h1-8H,9-13H2,(H,23,26)(H,24,28)/t21-/m1/s1. The van der Waals surface area contributed by atoms with Gasteiger partial charge in [-0.1, -0.05) is 30.3 Å². The van der Waals surface area contributed by atoms with Crippen molar-refractivity contribution >= 4 is 17.8 Å². The van der Waals surface area contributed by atoms with E-state index in [-0.39, 0.29) is 12.4 Å². The SMILES string of the molecule is O=C(CN1C(=O)N[C@@]2(CCOc3ccccc32)C1=O)NCCc1ccc(F)cc1. The Bertz CT molecular complexity index is 963. The lowest BCUT2D eigenvalue weighted by atomic mass is 9.84. The molecule has 2 N–H and O–H groups in total. The van der Waals surface area contributed by atoms with E-state index >= 15 is 0 Å². The first-order chi connectivity index (χ1) is 14.0. The number of carbonyl (C=O) groups excluding carboxylic acids is 3. The summed E-state index contributed by atoms with van der Waals surface area (Å²) in [7, 11) is 0. The van der Waals surface area contributed by atoms with Crippen LogP contribution in [0.15, 0.2) is 48.5 Å². The number of fused-ring (bicyclic) bond motifs is 2. The van der Waals surface area contributed by atoms with Gasteiger partial charge in [0.15, 0.2) is 5.54 Å². The molecule has 2 aromatic rings. The average Bonchev–Trinajstić information content (AvgIpc) is 2.95. The minimum atomic E-state index is -1.19. The second kappa shape index (κ2) is 7.54. The summed E-state index contributed by atoms with van der Waals surface area (Å²) in [6, 6.07) is 12.5. The predicted molar refractivity (Wildman–Crippen MR) is 102 cm³/mol. The van der Waals surface area contributed by atoms with E-state index in [4.69, 9.17) is 4.74 Å². The number of amides is 4. The van der Waals surface area contributed by atoms with Crippen LogP contribution in [0.4, 0.5) is 9.18 Å². The van der Waals surface area contributed by atoms with Gasteiger partial charge in [-0.3, -0.25) is 14.5 Å². The number of imide groups is 1. The molecule has 1 fully saturated rings. The van der Waals surface area contributed by atoms with Gasteiger partial charge in [-0.15, -0.1) is 0 Å². The predicted octanol–water partition coefficient (Wildman–Crippen LogP) is 1.71. The molecular weight excluding hydrogens is 377 g/mol. The molecule has 150 valence electrons. The Hall–Kier alpha value is -3.42. The lowest BCUT2D eigenvalue weighted by Gasteiger charge is -2.33. The van der Waals surface area contributed by atoms with Gasteiger partial charge in [0.05, 0.1) is 6.61 Å². The highest BCUT2D eigenvalue weighted by Gasteiger charge is 2.55. The van der Waals surface area contributed by atoms with E-state index in [1.807, 2.05) is 0 Å². The number of carbonyl (C=O) groups is 3. The molecule has 2 aliphatic rings. The zero-order chi connectivity index (χ0) is 20.4. The molecule has 0 aliphatic carbocycles. The molecule has 0 saturated carbocycles. The summed E-state index contributed by atoms with van der Waals surface area (Å²) in [6.45, 7) is 0.246. The van der Waals surface area contributed by atoms with E-state index in [1.165, 1.54) is 12.1 Å². The van der Waals surface area contributed by atoms with E-state index in [1.54, 1.807) is 36.4 Å². The molecule has 4 amide bonds. The molecular formula is C21H20FN3O4. The van der Waals surface area contributed by atoms with Crippen LogP contribution in [0.2, 0.25) is 0 Å². The number of ether oxygens (including phenoxy) is 1. The van der Waals surface area contributed by atoms with Crippen molar-refractivity contribution in [3.8, 4) is 5.75 Å². The van der Waals surface area contributed by atoms with E-state index in [2.05, 4.69) is 10.6 Å². The molecule has 4 rings (SSSR count). The Labute approximate surface area is 166 Å². The number of hydrogen-bond acceptors (Lipinski definition) is 4. The molecule has 8 heteroatoms. The third-order valence-corrected chi connectivity index (χ3v) is 5.21. The molecule has 2 aromatic carbocycles. The van der Waals surface area contributed by atoms with Gasteiger partial charge in [0.2, 0.25) is 5.91 Å². The Morgan fingerprint density at radius 1 is 1.17 bits per heavy atom. The number of hydrogen-bond donors (Lipinski definition) is 2. The van der Waals surface area contributed by atoms with E-state index in [0.29, 0.717) is 37.3 Å². The molecule has 0 aromatic heterocycles. The van der Waals surface area contributed by atoms with Crippen molar-refractivity contribution in [3.63, 3.8) is 0 Å². The summed E-state index contributed by atoms with van der Waals surface area (Å²) in [5.41, 5.74) is 0.281. The summed E-state index contributed by atoms with van der Waals surface area (Å²) < 4.78 is 18.5. The van der Waals surface area contributed by atoms with Gasteiger partial charge in [-0.05, 0) is 30.2 Å². The Kier molecular flexibility index (Phi) is 4.92. The van der Waals surface area contributed by atoms with Gasteiger partial charge in [0, 0.05) is 18.5 Å². The van der Waals surface area contributed by atoms with Crippen molar-refractivity contribution in [2.75, 3.05) is 19.7 Å². The maximum atomic E-state index is 13.1. The fourth-order valence-electron chi connectivity index (χ4n) is 3.71. The molecule has 2 heterocycles. The summed E-state index contributed by atoms with van der Waals surface area (Å²) in [5, 5.41) is 5.45. The van der Waals surface area contributed by atoms with Crippen LogP contribution in [-0.2, 0) is 21.5 Å². The number of urea groups is 1. The quantitative estimate of drug-likeness (QED) is 0.752. The number of nitrogens with zero attached hydrogens (tertiary/aromatic N) is 1. The Morgan fingerprint density at radius 3 is 2.72 bits per heavy atom. The van der Waals surface area contributed by atoms with Crippen LogP contribution in [0, 0.1) is 5.82 Å². The maximum Gasteiger partial charge on any atom is 0.325 e. The van der Waals surface area contributed by atoms with Crippen LogP contribution < -0.4 is 15.4 Å². The molecule has 1 atom stereocenters. The van der Waals surface area contributed by atoms with Crippen LogP contribution in [0.1, 0.15) is 17.5 Å². The van der Waals surface area contributed by atoms with E-state index < -0.39 is 23.4 Å². The summed E-state index contributed by atoms with van der Waals surface area (Å²) >= 11 is 0. The maximum absolute atomic E-state index is 13.1. The second-order valence-electron chi connectivity index (χ2n) is 7.05. The Balaban J connectivity index is 1.40. The van der Waals surface area contributed by atoms with E-state index in [9.17, 15) is 18.8 Å². The molecule has 0 unspecified atom stereocenters. The van der Waals surface area contributed by atoms with Gasteiger partial charge in [0.25, 0.3) is 5.91 Å². The number of benzene rings is 2.